The number of hydrogen-bond donors (Lipinski definition) is 2. The van der Waals surface area contributed by atoms with Gasteiger partial charge in [0.15, 0.2) is 0 Å². The second-order valence-electron chi connectivity index (χ2n) is 6.04. The standard InChI is InChI=1S/C16H25NO3/c1-17(2)11-13-9-14(18)7-8-16(13,19)12-5-4-6-15(10-12)20-3/h4-6,10,13-14,18-19H,7-9,11H2,1-3H3. The average Bonchev–Trinajstić information content (AvgIpc) is 2.42. The van der Waals surface area contributed by atoms with E-state index < -0.39 is 5.60 Å². The Morgan fingerprint density at radius 3 is 2.80 bits per heavy atom. The number of rotatable bonds is 4. The summed E-state index contributed by atoms with van der Waals surface area (Å²) < 4.78 is 5.26. The summed E-state index contributed by atoms with van der Waals surface area (Å²) in [5.41, 5.74) is -0.00602. The summed E-state index contributed by atoms with van der Waals surface area (Å²) in [6.45, 7) is 0.755. The highest BCUT2D eigenvalue weighted by Gasteiger charge is 2.43. The van der Waals surface area contributed by atoms with E-state index in [1.54, 1.807) is 7.11 Å². The van der Waals surface area contributed by atoms with Gasteiger partial charge in [0.2, 0.25) is 0 Å². The van der Waals surface area contributed by atoms with Gasteiger partial charge in [-0.15, -0.1) is 0 Å². The summed E-state index contributed by atoms with van der Waals surface area (Å²) in [5, 5.41) is 21.1. The SMILES string of the molecule is COc1cccc(C2(O)CCC(O)CC2CN(C)C)c1. The van der Waals surface area contributed by atoms with Gasteiger partial charge in [-0.2, -0.15) is 0 Å². The molecule has 1 aliphatic rings. The van der Waals surface area contributed by atoms with Crippen molar-refractivity contribution >= 4 is 0 Å². The Morgan fingerprint density at radius 1 is 1.40 bits per heavy atom. The summed E-state index contributed by atoms with van der Waals surface area (Å²) in [4.78, 5) is 2.06. The number of aliphatic hydroxyl groups is 2. The molecule has 1 aromatic carbocycles. The van der Waals surface area contributed by atoms with Crippen LogP contribution < -0.4 is 4.74 Å². The predicted molar refractivity (Wildman–Crippen MR) is 78.8 cm³/mol. The maximum atomic E-state index is 11.2. The maximum absolute atomic E-state index is 11.2. The number of benzene rings is 1. The van der Waals surface area contributed by atoms with Gasteiger partial charge < -0.3 is 19.8 Å². The molecule has 0 saturated heterocycles. The first-order valence-electron chi connectivity index (χ1n) is 7.15. The van der Waals surface area contributed by atoms with E-state index in [0.29, 0.717) is 19.3 Å². The molecule has 0 bridgehead atoms. The first-order valence-corrected chi connectivity index (χ1v) is 7.15. The molecular weight excluding hydrogens is 254 g/mol. The average molecular weight is 279 g/mol. The minimum Gasteiger partial charge on any atom is -0.497 e. The maximum Gasteiger partial charge on any atom is 0.119 e. The minimum atomic E-state index is -0.891. The molecule has 1 aliphatic carbocycles. The highest BCUT2D eigenvalue weighted by molar-refractivity contribution is 5.33. The van der Waals surface area contributed by atoms with Crippen molar-refractivity contribution in [2.45, 2.75) is 31.0 Å². The quantitative estimate of drug-likeness (QED) is 0.879. The zero-order valence-electron chi connectivity index (χ0n) is 12.5. The van der Waals surface area contributed by atoms with Crippen LogP contribution in [0.2, 0.25) is 0 Å². The summed E-state index contributed by atoms with van der Waals surface area (Å²) in [6.07, 6.45) is 1.54. The van der Waals surface area contributed by atoms with E-state index in [9.17, 15) is 10.2 Å². The molecule has 4 heteroatoms. The van der Waals surface area contributed by atoms with Gasteiger partial charge in [-0.05, 0) is 51.1 Å². The fraction of sp³-hybridized carbons (Fsp3) is 0.625. The molecule has 0 aliphatic heterocycles. The van der Waals surface area contributed by atoms with Crippen LogP contribution in [0.15, 0.2) is 24.3 Å². The van der Waals surface area contributed by atoms with Crippen LogP contribution in [0.1, 0.15) is 24.8 Å². The van der Waals surface area contributed by atoms with Crippen molar-refractivity contribution < 1.29 is 14.9 Å². The third kappa shape index (κ3) is 3.14. The number of hydrogen-bond acceptors (Lipinski definition) is 4. The zero-order chi connectivity index (χ0) is 14.8. The molecule has 1 fully saturated rings. The topological polar surface area (TPSA) is 52.9 Å². The molecule has 4 nitrogen and oxygen atoms in total. The molecule has 112 valence electrons. The van der Waals surface area contributed by atoms with Crippen LogP contribution in [0, 0.1) is 5.92 Å². The molecule has 2 rings (SSSR count). The van der Waals surface area contributed by atoms with Crippen LogP contribution in [0.25, 0.3) is 0 Å². The van der Waals surface area contributed by atoms with Gasteiger partial charge >= 0.3 is 0 Å². The van der Waals surface area contributed by atoms with Crippen LogP contribution in [-0.2, 0) is 5.60 Å². The Balaban J connectivity index is 2.32. The van der Waals surface area contributed by atoms with Gasteiger partial charge in [-0.3, -0.25) is 0 Å². The van der Waals surface area contributed by atoms with Gasteiger partial charge in [0.05, 0.1) is 18.8 Å². The van der Waals surface area contributed by atoms with E-state index in [0.717, 1.165) is 17.9 Å². The Bertz CT molecular complexity index is 447. The largest absolute Gasteiger partial charge is 0.497 e. The highest BCUT2D eigenvalue weighted by atomic mass is 16.5. The summed E-state index contributed by atoms with van der Waals surface area (Å²) >= 11 is 0. The minimum absolute atomic E-state index is 0.0216. The molecule has 2 N–H and O–H groups in total. The van der Waals surface area contributed by atoms with Crippen molar-refractivity contribution in [3.8, 4) is 5.75 Å². The van der Waals surface area contributed by atoms with Crippen LogP contribution in [0.4, 0.5) is 0 Å². The fourth-order valence-electron chi connectivity index (χ4n) is 3.17. The lowest BCUT2D eigenvalue weighted by atomic mass is 9.70. The molecule has 0 spiro atoms. The highest BCUT2D eigenvalue weighted by Crippen LogP contribution is 2.42. The monoisotopic (exact) mass is 279 g/mol. The van der Waals surface area contributed by atoms with Gasteiger partial charge in [-0.1, -0.05) is 12.1 Å². The van der Waals surface area contributed by atoms with Gasteiger partial charge in [0, 0.05) is 12.5 Å². The normalized spacial score (nSPS) is 30.5. The third-order valence-corrected chi connectivity index (χ3v) is 4.25. The van der Waals surface area contributed by atoms with E-state index in [-0.39, 0.29) is 12.0 Å². The van der Waals surface area contributed by atoms with Crippen molar-refractivity contribution in [2.24, 2.45) is 5.92 Å². The first-order chi connectivity index (χ1) is 9.45. The van der Waals surface area contributed by atoms with E-state index >= 15 is 0 Å². The van der Waals surface area contributed by atoms with Gasteiger partial charge in [0.1, 0.15) is 5.75 Å². The first kappa shape index (κ1) is 15.3. The van der Waals surface area contributed by atoms with E-state index in [1.807, 2.05) is 38.4 Å². The molecule has 0 aromatic heterocycles. The number of methoxy groups -OCH3 is 1. The Labute approximate surface area is 121 Å². The van der Waals surface area contributed by atoms with Crippen LogP contribution >= 0.6 is 0 Å². The zero-order valence-corrected chi connectivity index (χ0v) is 12.5. The number of aliphatic hydroxyl groups excluding tert-OH is 1. The number of nitrogens with zero attached hydrogens (tertiary/aromatic N) is 1. The van der Waals surface area contributed by atoms with Crippen molar-refractivity contribution in [1.29, 1.82) is 0 Å². The lowest BCUT2D eigenvalue weighted by molar-refractivity contribution is -0.0921. The molecule has 0 heterocycles. The van der Waals surface area contributed by atoms with E-state index in [4.69, 9.17) is 4.74 Å². The second kappa shape index (κ2) is 6.12. The molecule has 3 atom stereocenters. The lowest BCUT2D eigenvalue weighted by Crippen LogP contribution is -2.46. The Kier molecular flexibility index (Phi) is 4.68. The predicted octanol–water partition coefficient (Wildman–Crippen LogP) is 1.61. The lowest BCUT2D eigenvalue weighted by Gasteiger charge is -2.43. The summed E-state index contributed by atoms with van der Waals surface area (Å²) in [7, 11) is 5.62. The third-order valence-electron chi connectivity index (χ3n) is 4.25. The molecule has 20 heavy (non-hydrogen) atoms. The Morgan fingerprint density at radius 2 is 2.15 bits per heavy atom. The summed E-state index contributed by atoms with van der Waals surface area (Å²) in [5.74, 6) is 0.777. The second-order valence-corrected chi connectivity index (χ2v) is 6.04. The molecule has 3 unspecified atom stereocenters. The molecule has 1 aromatic rings. The smallest absolute Gasteiger partial charge is 0.119 e. The fourth-order valence-corrected chi connectivity index (χ4v) is 3.17. The van der Waals surface area contributed by atoms with Crippen molar-refractivity contribution in [3.05, 3.63) is 29.8 Å². The van der Waals surface area contributed by atoms with E-state index in [1.165, 1.54) is 0 Å². The van der Waals surface area contributed by atoms with Crippen LogP contribution in [0.3, 0.4) is 0 Å². The van der Waals surface area contributed by atoms with Gasteiger partial charge in [-0.25, -0.2) is 0 Å². The van der Waals surface area contributed by atoms with E-state index in [2.05, 4.69) is 4.90 Å². The van der Waals surface area contributed by atoms with Crippen LogP contribution in [0.5, 0.6) is 5.75 Å². The van der Waals surface area contributed by atoms with Gasteiger partial charge in [0.25, 0.3) is 0 Å². The molecule has 0 amide bonds. The molecular formula is C16H25NO3. The molecule has 1 saturated carbocycles. The Hall–Kier alpha value is -1.10. The molecule has 0 radical (unpaired) electrons. The summed E-state index contributed by atoms with van der Waals surface area (Å²) in [6, 6.07) is 7.64. The van der Waals surface area contributed by atoms with Crippen LogP contribution in [-0.4, -0.2) is 49.0 Å². The van der Waals surface area contributed by atoms with Crippen molar-refractivity contribution in [2.75, 3.05) is 27.7 Å². The van der Waals surface area contributed by atoms with Crippen molar-refractivity contribution in [3.63, 3.8) is 0 Å². The number of ether oxygens (including phenoxy) is 1. The van der Waals surface area contributed by atoms with Crippen molar-refractivity contribution in [1.82, 2.24) is 4.90 Å².